The maximum Gasteiger partial charge on any atom is 0.410 e. The van der Waals surface area contributed by atoms with Gasteiger partial charge in [0.25, 0.3) is 5.91 Å². The lowest BCUT2D eigenvalue weighted by Crippen LogP contribution is -2.40. The van der Waals surface area contributed by atoms with Crippen LogP contribution in [0.5, 0.6) is 5.75 Å². The van der Waals surface area contributed by atoms with Crippen molar-refractivity contribution >= 4 is 12.0 Å². The van der Waals surface area contributed by atoms with Crippen molar-refractivity contribution in [2.75, 3.05) is 13.1 Å². The molecule has 2 heterocycles. The fourth-order valence-corrected chi connectivity index (χ4v) is 1.91. The number of carbonyl (C=O) groups excluding carboxylic acids is 2. The van der Waals surface area contributed by atoms with E-state index in [1.165, 1.54) is 18.3 Å². The van der Waals surface area contributed by atoms with Gasteiger partial charge in [0.1, 0.15) is 5.69 Å². The van der Waals surface area contributed by atoms with Crippen molar-refractivity contribution in [3.05, 3.63) is 24.0 Å². The summed E-state index contributed by atoms with van der Waals surface area (Å²) in [5, 5.41) is 9.39. The number of pyridine rings is 1. The molecule has 102 valence electrons. The summed E-state index contributed by atoms with van der Waals surface area (Å²) in [5.74, 6) is -0.00404. The van der Waals surface area contributed by atoms with Crippen molar-refractivity contribution in [3.8, 4) is 5.75 Å². The Morgan fingerprint density at radius 3 is 2.58 bits per heavy atom. The minimum atomic E-state index is -0.925. The number of hydrogen-bond donors (Lipinski definition) is 2. The van der Waals surface area contributed by atoms with Crippen molar-refractivity contribution in [1.29, 1.82) is 0 Å². The third-order valence-corrected chi connectivity index (χ3v) is 2.93. The van der Waals surface area contributed by atoms with Gasteiger partial charge in [0, 0.05) is 13.1 Å². The molecular weight excluding hydrogens is 250 g/mol. The highest BCUT2D eigenvalue weighted by Gasteiger charge is 2.23. The molecule has 2 rings (SSSR count). The van der Waals surface area contributed by atoms with E-state index >= 15 is 0 Å². The Kier molecular flexibility index (Phi) is 3.96. The lowest BCUT2D eigenvalue weighted by atomic mass is 10.1. The normalized spacial score (nSPS) is 16.2. The smallest absolute Gasteiger partial charge is 0.409 e. The van der Waals surface area contributed by atoms with Crippen LogP contribution in [0.2, 0.25) is 0 Å². The van der Waals surface area contributed by atoms with E-state index < -0.39 is 6.09 Å². The summed E-state index contributed by atoms with van der Waals surface area (Å²) < 4.78 is 4.63. The van der Waals surface area contributed by atoms with Gasteiger partial charge in [-0.3, -0.25) is 4.79 Å². The van der Waals surface area contributed by atoms with Gasteiger partial charge >= 0.3 is 6.09 Å². The highest BCUT2D eigenvalue weighted by atomic mass is 16.5. The van der Waals surface area contributed by atoms with Crippen LogP contribution in [-0.4, -0.2) is 46.2 Å². The van der Waals surface area contributed by atoms with Crippen molar-refractivity contribution in [1.82, 2.24) is 9.88 Å². The Balaban J connectivity index is 2.01. The van der Waals surface area contributed by atoms with Crippen LogP contribution in [0, 0.1) is 0 Å². The Hall–Kier alpha value is -2.15. The lowest BCUT2D eigenvalue weighted by molar-refractivity contribution is 0.0541. The van der Waals surface area contributed by atoms with Crippen LogP contribution >= 0.6 is 0 Å². The first-order chi connectivity index (χ1) is 9.06. The van der Waals surface area contributed by atoms with Gasteiger partial charge in [-0.2, -0.15) is 0 Å². The number of aromatic nitrogens is 1. The minimum absolute atomic E-state index is 0.193. The fourth-order valence-electron chi connectivity index (χ4n) is 1.91. The van der Waals surface area contributed by atoms with Gasteiger partial charge in [0.05, 0.1) is 12.3 Å². The second-order valence-electron chi connectivity index (χ2n) is 4.32. The molecule has 1 fully saturated rings. The molecule has 0 radical (unpaired) electrons. The van der Waals surface area contributed by atoms with E-state index in [1.54, 1.807) is 4.90 Å². The molecule has 0 atom stereocenters. The average Bonchev–Trinajstić information content (AvgIpc) is 2.39. The number of piperidine rings is 1. The quantitative estimate of drug-likeness (QED) is 0.791. The number of amides is 2. The van der Waals surface area contributed by atoms with E-state index in [1.807, 2.05) is 0 Å². The van der Waals surface area contributed by atoms with Crippen molar-refractivity contribution < 1.29 is 19.4 Å². The summed E-state index contributed by atoms with van der Waals surface area (Å²) in [6.07, 6.45) is 1.18. The highest BCUT2D eigenvalue weighted by molar-refractivity contribution is 5.92. The monoisotopic (exact) mass is 265 g/mol. The SMILES string of the molecule is NC(=O)Oc1ccc(C(=O)N2CCC(O)CC2)nc1. The summed E-state index contributed by atoms with van der Waals surface area (Å²) in [4.78, 5) is 28.2. The molecule has 0 bridgehead atoms. The number of hydrogen-bond acceptors (Lipinski definition) is 5. The summed E-state index contributed by atoms with van der Waals surface area (Å²) in [5.41, 5.74) is 5.14. The molecule has 2 amide bonds. The van der Waals surface area contributed by atoms with E-state index in [0.717, 1.165) is 0 Å². The van der Waals surface area contributed by atoms with E-state index in [2.05, 4.69) is 9.72 Å². The van der Waals surface area contributed by atoms with E-state index in [0.29, 0.717) is 25.9 Å². The van der Waals surface area contributed by atoms with Crippen LogP contribution in [0.15, 0.2) is 18.3 Å². The summed E-state index contributed by atoms with van der Waals surface area (Å²) in [6.45, 7) is 1.03. The molecular formula is C12H15N3O4. The van der Waals surface area contributed by atoms with Crippen LogP contribution in [-0.2, 0) is 0 Å². The van der Waals surface area contributed by atoms with E-state index in [4.69, 9.17) is 5.73 Å². The molecule has 1 aliphatic heterocycles. The number of aliphatic hydroxyl groups excluding tert-OH is 1. The standard InChI is InChI=1S/C12H15N3O4/c13-12(18)19-9-1-2-10(14-7-9)11(17)15-5-3-8(16)4-6-15/h1-2,7-8,16H,3-6H2,(H2,13,18). The molecule has 0 aromatic carbocycles. The van der Waals surface area contributed by atoms with Crippen molar-refractivity contribution in [3.63, 3.8) is 0 Å². The second kappa shape index (κ2) is 5.66. The zero-order valence-electron chi connectivity index (χ0n) is 10.3. The van der Waals surface area contributed by atoms with Gasteiger partial charge < -0.3 is 20.5 Å². The molecule has 0 saturated carbocycles. The first-order valence-corrected chi connectivity index (χ1v) is 5.97. The first-order valence-electron chi connectivity index (χ1n) is 5.97. The Morgan fingerprint density at radius 2 is 2.05 bits per heavy atom. The number of nitrogens with zero attached hydrogens (tertiary/aromatic N) is 2. The summed E-state index contributed by atoms with van der Waals surface area (Å²) in [7, 11) is 0. The minimum Gasteiger partial charge on any atom is -0.409 e. The zero-order chi connectivity index (χ0) is 13.8. The zero-order valence-corrected chi connectivity index (χ0v) is 10.3. The molecule has 1 aromatic rings. The average molecular weight is 265 g/mol. The van der Waals surface area contributed by atoms with Crippen LogP contribution in [0.3, 0.4) is 0 Å². The van der Waals surface area contributed by atoms with Crippen LogP contribution in [0.25, 0.3) is 0 Å². The summed E-state index contributed by atoms with van der Waals surface area (Å²) >= 11 is 0. The molecule has 19 heavy (non-hydrogen) atoms. The van der Waals surface area contributed by atoms with Gasteiger partial charge in [0.2, 0.25) is 0 Å². The maximum absolute atomic E-state index is 12.1. The molecule has 1 saturated heterocycles. The number of nitrogens with two attached hydrogens (primary N) is 1. The predicted octanol–water partition coefficient (Wildman–Crippen LogP) is 0.136. The van der Waals surface area contributed by atoms with Crippen LogP contribution in [0.4, 0.5) is 4.79 Å². The maximum atomic E-state index is 12.1. The number of ether oxygens (including phenoxy) is 1. The Morgan fingerprint density at radius 1 is 1.37 bits per heavy atom. The molecule has 1 aliphatic rings. The Bertz CT molecular complexity index is 466. The topological polar surface area (TPSA) is 106 Å². The van der Waals surface area contributed by atoms with Gasteiger partial charge in [-0.25, -0.2) is 9.78 Å². The largest absolute Gasteiger partial charge is 0.410 e. The van der Waals surface area contributed by atoms with Crippen molar-refractivity contribution in [2.24, 2.45) is 5.73 Å². The molecule has 0 aliphatic carbocycles. The van der Waals surface area contributed by atoms with Gasteiger partial charge in [0.15, 0.2) is 5.75 Å². The number of rotatable bonds is 2. The van der Waals surface area contributed by atoms with Gasteiger partial charge in [-0.05, 0) is 25.0 Å². The molecule has 3 N–H and O–H groups in total. The third kappa shape index (κ3) is 3.41. The molecule has 7 nitrogen and oxygen atoms in total. The van der Waals surface area contributed by atoms with E-state index in [9.17, 15) is 14.7 Å². The molecule has 1 aromatic heterocycles. The van der Waals surface area contributed by atoms with Crippen molar-refractivity contribution in [2.45, 2.75) is 18.9 Å². The van der Waals surface area contributed by atoms with Gasteiger partial charge in [-0.1, -0.05) is 0 Å². The van der Waals surface area contributed by atoms with E-state index in [-0.39, 0.29) is 23.5 Å². The summed E-state index contributed by atoms with van der Waals surface area (Å²) in [6, 6.07) is 2.94. The number of aliphatic hydroxyl groups is 1. The lowest BCUT2D eigenvalue weighted by Gasteiger charge is -2.29. The third-order valence-electron chi connectivity index (χ3n) is 2.93. The molecule has 7 heteroatoms. The van der Waals surface area contributed by atoms with Crippen LogP contribution in [0.1, 0.15) is 23.3 Å². The molecule has 0 unspecified atom stereocenters. The number of primary amides is 1. The predicted molar refractivity (Wildman–Crippen MR) is 65.6 cm³/mol. The first kappa shape index (κ1) is 13.3. The fraction of sp³-hybridized carbons (Fsp3) is 0.417. The van der Waals surface area contributed by atoms with Crippen LogP contribution < -0.4 is 10.5 Å². The highest BCUT2D eigenvalue weighted by Crippen LogP contribution is 2.14. The second-order valence-corrected chi connectivity index (χ2v) is 4.32. The molecule has 0 spiro atoms. The Labute approximate surface area is 110 Å². The number of carbonyl (C=O) groups is 2. The number of likely N-dealkylation sites (tertiary alicyclic amines) is 1. The van der Waals surface area contributed by atoms with Gasteiger partial charge in [-0.15, -0.1) is 0 Å².